The van der Waals surface area contributed by atoms with Gasteiger partial charge in [-0.2, -0.15) is 4.31 Å². The number of aromatic nitrogens is 2. The largest absolute Gasteiger partial charge is 0.317 e. The topological polar surface area (TPSA) is 89.3 Å². The molecule has 0 N–H and O–H groups in total. The molecule has 0 amide bonds. The van der Waals surface area contributed by atoms with Crippen molar-refractivity contribution in [2.45, 2.75) is 55.6 Å². The molecule has 0 bridgehead atoms. The first kappa shape index (κ1) is 25.9. The van der Waals surface area contributed by atoms with Crippen molar-refractivity contribution in [3.63, 3.8) is 0 Å². The highest BCUT2D eigenvalue weighted by Crippen LogP contribution is 2.33. The summed E-state index contributed by atoms with van der Waals surface area (Å²) in [7, 11) is -7.55. The average molecular weight is 536 g/mol. The Hall–Kier alpha value is -2.20. The smallest absolute Gasteiger partial charge is 0.243 e. The maximum atomic E-state index is 13.5. The number of halogens is 1. The molecule has 10 heteroatoms. The highest BCUT2D eigenvalue weighted by Gasteiger charge is 2.33. The van der Waals surface area contributed by atoms with Gasteiger partial charge in [-0.25, -0.2) is 21.8 Å². The van der Waals surface area contributed by atoms with Gasteiger partial charge >= 0.3 is 0 Å². The fourth-order valence-corrected chi connectivity index (χ4v) is 7.21. The van der Waals surface area contributed by atoms with Crippen LogP contribution in [-0.2, 0) is 38.7 Å². The van der Waals surface area contributed by atoms with Gasteiger partial charge < -0.3 is 4.57 Å². The number of rotatable bonds is 11. The lowest BCUT2D eigenvalue weighted by Crippen LogP contribution is -2.33. The highest BCUT2D eigenvalue weighted by atomic mass is 35.5. The lowest BCUT2D eigenvalue weighted by atomic mass is 10.2. The van der Waals surface area contributed by atoms with Gasteiger partial charge in [-0.1, -0.05) is 55.8 Å². The van der Waals surface area contributed by atoms with E-state index < -0.39 is 19.9 Å². The van der Waals surface area contributed by atoms with E-state index in [0.717, 1.165) is 12.8 Å². The van der Waals surface area contributed by atoms with Crippen LogP contribution in [-0.4, -0.2) is 37.2 Å². The number of benzene rings is 2. The average Bonchev–Trinajstić information content (AvgIpc) is 3.52. The summed E-state index contributed by atoms with van der Waals surface area (Å²) >= 11 is 6.04. The Bertz CT molecular complexity index is 1380. The van der Waals surface area contributed by atoms with Gasteiger partial charge in [-0.15, -0.1) is 0 Å². The number of imidazole rings is 1. The number of hydrogen-bond acceptors (Lipinski definition) is 5. The van der Waals surface area contributed by atoms with Gasteiger partial charge in [0.05, 0.1) is 29.1 Å². The number of nitrogens with zero attached hydrogens (tertiary/aromatic N) is 3. The summed E-state index contributed by atoms with van der Waals surface area (Å²) in [6, 6.07) is 15.1. The molecule has 7 nitrogen and oxygen atoms in total. The summed E-state index contributed by atoms with van der Waals surface area (Å²) < 4.78 is 56.8. The van der Waals surface area contributed by atoms with Gasteiger partial charge in [0.15, 0.2) is 0 Å². The zero-order valence-electron chi connectivity index (χ0n) is 19.8. The third kappa shape index (κ3) is 6.33. The molecule has 1 aliphatic rings. The molecule has 1 heterocycles. The molecule has 1 fully saturated rings. The van der Waals surface area contributed by atoms with E-state index in [2.05, 4.69) is 4.98 Å². The van der Waals surface area contributed by atoms with Crippen LogP contribution in [0.1, 0.15) is 37.9 Å². The van der Waals surface area contributed by atoms with Crippen LogP contribution in [0.5, 0.6) is 0 Å². The monoisotopic (exact) mass is 535 g/mol. The van der Waals surface area contributed by atoms with E-state index in [4.69, 9.17) is 11.6 Å². The summed E-state index contributed by atoms with van der Waals surface area (Å²) in [5.74, 6) is 0.211. The maximum absolute atomic E-state index is 13.5. The van der Waals surface area contributed by atoms with Crippen molar-refractivity contribution in [1.29, 1.82) is 0 Å². The predicted octanol–water partition coefficient (Wildman–Crippen LogP) is 4.77. The Balaban J connectivity index is 1.69. The molecule has 2 aromatic carbocycles. The van der Waals surface area contributed by atoms with E-state index in [1.807, 2.05) is 13.8 Å². The quantitative estimate of drug-likeness (QED) is 0.353. The molecular formula is C25H30ClN3O4S2. The predicted molar refractivity (Wildman–Crippen MR) is 136 cm³/mol. The lowest BCUT2D eigenvalue weighted by Gasteiger charge is -2.23. The Kier molecular flexibility index (Phi) is 7.71. The van der Waals surface area contributed by atoms with Gasteiger partial charge in [-0.3, -0.25) is 0 Å². The first-order chi connectivity index (χ1) is 16.6. The molecule has 0 unspecified atom stereocenters. The molecule has 1 saturated carbocycles. The van der Waals surface area contributed by atoms with Gasteiger partial charge in [0.25, 0.3) is 0 Å². The molecule has 1 aliphatic carbocycles. The van der Waals surface area contributed by atoms with Crippen molar-refractivity contribution in [1.82, 2.24) is 13.9 Å². The SMILES string of the molecule is CC(C)Cn1c(CN(CC2CC2)S(=O)(=O)c2ccccc2)cnc1S(=O)(=O)Cc1cccc(Cl)c1. The van der Waals surface area contributed by atoms with E-state index in [0.29, 0.717) is 35.3 Å². The lowest BCUT2D eigenvalue weighted by molar-refractivity contribution is 0.371. The van der Waals surface area contributed by atoms with Gasteiger partial charge in [0.1, 0.15) is 0 Å². The maximum Gasteiger partial charge on any atom is 0.243 e. The molecule has 0 atom stereocenters. The molecule has 0 radical (unpaired) electrons. The number of hydrogen-bond donors (Lipinski definition) is 0. The van der Waals surface area contributed by atoms with Crippen molar-refractivity contribution >= 4 is 31.5 Å². The third-order valence-corrected chi connectivity index (χ3v) is 9.51. The minimum absolute atomic E-state index is 0.0512. The molecule has 0 spiro atoms. The summed E-state index contributed by atoms with van der Waals surface area (Å²) in [6.07, 6.45) is 3.48. The highest BCUT2D eigenvalue weighted by molar-refractivity contribution is 7.90. The van der Waals surface area contributed by atoms with Crippen molar-refractivity contribution in [2.24, 2.45) is 11.8 Å². The van der Waals surface area contributed by atoms with Crippen molar-refractivity contribution in [2.75, 3.05) is 6.54 Å². The first-order valence-electron chi connectivity index (χ1n) is 11.6. The van der Waals surface area contributed by atoms with Crippen LogP contribution < -0.4 is 0 Å². The second-order valence-corrected chi connectivity index (χ2v) is 13.7. The minimum atomic E-state index is -3.79. The Morgan fingerprint density at radius 2 is 1.77 bits per heavy atom. The summed E-state index contributed by atoms with van der Waals surface area (Å²) in [5.41, 5.74) is 1.13. The van der Waals surface area contributed by atoms with Crippen LogP contribution in [0.4, 0.5) is 0 Å². The van der Waals surface area contributed by atoms with E-state index >= 15 is 0 Å². The number of sulfonamides is 1. The third-order valence-electron chi connectivity index (χ3n) is 5.85. The van der Waals surface area contributed by atoms with Crippen LogP contribution in [0.25, 0.3) is 0 Å². The van der Waals surface area contributed by atoms with Gasteiger partial charge in [0.2, 0.25) is 25.0 Å². The van der Waals surface area contributed by atoms with Crippen molar-refractivity contribution in [3.8, 4) is 0 Å². The molecule has 0 aliphatic heterocycles. The molecule has 35 heavy (non-hydrogen) atoms. The van der Waals surface area contributed by atoms with Gasteiger partial charge in [0, 0.05) is 18.1 Å². The van der Waals surface area contributed by atoms with Crippen LogP contribution in [0.3, 0.4) is 0 Å². The first-order valence-corrected chi connectivity index (χ1v) is 15.1. The standard InChI is InChI=1S/C25H30ClN3O4S2/c1-19(2)15-29-23(14-27-25(29)34(30,31)18-21-7-6-8-22(26)13-21)17-28(16-20-11-12-20)35(32,33)24-9-4-3-5-10-24/h3-10,13-14,19-20H,11-12,15-18H2,1-2H3. The molecule has 188 valence electrons. The summed E-state index contributed by atoms with van der Waals surface area (Å²) in [6.45, 7) is 4.83. The zero-order valence-corrected chi connectivity index (χ0v) is 22.2. The molecular weight excluding hydrogens is 506 g/mol. The van der Waals surface area contributed by atoms with Crippen molar-refractivity contribution < 1.29 is 16.8 Å². The Labute approximate surface area is 212 Å². The fraction of sp³-hybridized carbons (Fsp3) is 0.400. The molecule has 4 rings (SSSR count). The van der Waals surface area contributed by atoms with Crippen LogP contribution in [0.15, 0.2) is 70.8 Å². The van der Waals surface area contributed by atoms with E-state index in [-0.39, 0.29) is 28.3 Å². The summed E-state index contributed by atoms with van der Waals surface area (Å²) in [4.78, 5) is 4.51. The number of sulfone groups is 1. The summed E-state index contributed by atoms with van der Waals surface area (Å²) in [5, 5.41) is 0.412. The van der Waals surface area contributed by atoms with E-state index in [9.17, 15) is 16.8 Å². The fourth-order valence-electron chi connectivity index (χ4n) is 4.00. The molecule has 3 aromatic rings. The van der Waals surface area contributed by atoms with E-state index in [1.54, 1.807) is 59.2 Å². The van der Waals surface area contributed by atoms with Gasteiger partial charge in [-0.05, 0) is 54.5 Å². The van der Waals surface area contributed by atoms with Crippen LogP contribution >= 0.6 is 11.6 Å². The Morgan fingerprint density at radius 3 is 2.40 bits per heavy atom. The minimum Gasteiger partial charge on any atom is -0.317 e. The van der Waals surface area contributed by atoms with Crippen LogP contribution in [0.2, 0.25) is 5.02 Å². The normalized spacial score (nSPS) is 14.7. The zero-order chi connectivity index (χ0) is 25.2. The van der Waals surface area contributed by atoms with E-state index in [1.165, 1.54) is 10.5 Å². The Morgan fingerprint density at radius 1 is 1.06 bits per heavy atom. The molecule has 1 aromatic heterocycles. The second-order valence-electron chi connectivity index (χ2n) is 9.48. The molecule has 0 saturated heterocycles. The van der Waals surface area contributed by atoms with Crippen LogP contribution in [0, 0.1) is 11.8 Å². The second kappa shape index (κ2) is 10.4. The van der Waals surface area contributed by atoms with Crippen molar-refractivity contribution in [3.05, 3.63) is 77.1 Å².